The summed E-state index contributed by atoms with van der Waals surface area (Å²) in [4.78, 5) is 39.9. The molecule has 10 aromatic rings. The van der Waals surface area contributed by atoms with E-state index >= 15 is 0 Å². The highest BCUT2D eigenvalue weighted by Gasteiger charge is 2.24. The summed E-state index contributed by atoms with van der Waals surface area (Å²) in [6.07, 6.45) is 4.26. The molecule has 0 amide bonds. The third-order valence-electron chi connectivity index (χ3n) is 13.3. The van der Waals surface area contributed by atoms with E-state index in [1.807, 2.05) is 134 Å². The predicted molar refractivity (Wildman–Crippen MR) is 310 cm³/mol. The van der Waals surface area contributed by atoms with Crippen molar-refractivity contribution in [2.24, 2.45) is 0 Å². The van der Waals surface area contributed by atoms with E-state index in [-0.39, 0.29) is 35.9 Å². The van der Waals surface area contributed by atoms with E-state index in [0.29, 0.717) is 116 Å². The number of methoxy groups -OCH3 is 3. The van der Waals surface area contributed by atoms with Gasteiger partial charge in [0.1, 0.15) is 71.4 Å². The fraction of sp³-hybridized carbons (Fsp3) is 0.179. The van der Waals surface area contributed by atoms with Crippen molar-refractivity contribution in [2.45, 2.75) is 53.1 Å². The second kappa shape index (κ2) is 26.2. The fourth-order valence-electron chi connectivity index (χ4n) is 9.01. The molecule has 1 N–H and O–H groups in total. The number of ether oxygens (including phenoxy) is 7. The first-order valence-corrected chi connectivity index (χ1v) is 26.0. The zero-order valence-corrected chi connectivity index (χ0v) is 45.1. The number of hydrogen-bond donors (Lipinski definition) is 1. The van der Waals surface area contributed by atoms with E-state index in [1.54, 1.807) is 61.5 Å². The lowest BCUT2D eigenvalue weighted by molar-refractivity contribution is -0.136. The molecule has 8 aromatic carbocycles. The SMILES string of the molecule is COC(=O)/C(C)=C\Cc1c(OCc2ccccc2)cc(OC)c2c(=O)c3cccc(OCc4ccccc4)c3oc12.COc1cc(OCc2ccccc2)c(C/C=C(/C)CO)c2oc3c(OCc4ccccc4)cccc3c(=O)c12. The number of para-hydroxylation sites is 2. The van der Waals surface area contributed by atoms with E-state index in [1.165, 1.54) is 21.3 Å². The topological polar surface area (TPSA) is 162 Å². The van der Waals surface area contributed by atoms with Gasteiger partial charge in [-0.25, -0.2) is 4.79 Å². The molecule has 0 unspecified atom stereocenters. The zero-order chi connectivity index (χ0) is 56.0. The van der Waals surface area contributed by atoms with Gasteiger partial charge in [0.05, 0.1) is 38.7 Å². The van der Waals surface area contributed by atoms with Crippen LogP contribution in [0.3, 0.4) is 0 Å². The molecule has 0 aliphatic rings. The quantitative estimate of drug-likeness (QED) is 0.0332. The molecule has 0 saturated heterocycles. The van der Waals surface area contributed by atoms with Gasteiger partial charge in [0.25, 0.3) is 0 Å². The summed E-state index contributed by atoms with van der Waals surface area (Å²) < 4.78 is 54.0. The second-order valence-corrected chi connectivity index (χ2v) is 18.7. The van der Waals surface area contributed by atoms with Crippen LogP contribution < -0.4 is 39.3 Å². The smallest absolute Gasteiger partial charge is 0.333 e. The molecule has 0 bridgehead atoms. The van der Waals surface area contributed by atoms with Gasteiger partial charge in [-0.05, 0) is 73.2 Å². The number of carbonyl (C=O) groups is 1. The lowest BCUT2D eigenvalue weighted by atomic mass is 10.0. The van der Waals surface area contributed by atoms with Crippen LogP contribution in [-0.4, -0.2) is 39.0 Å². The van der Waals surface area contributed by atoms with Gasteiger partial charge in [-0.3, -0.25) is 9.59 Å². The van der Waals surface area contributed by atoms with Gasteiger partial charge >= 0.3 is 5.97 Å². The van der Waals surface area contributed by atoms with Crippen LogP contribution in [0.1, 0.15) is 47.2 Å². The molecule has 0 spiro atoms. The zero-order valence-electron chi connectivity index (χ0n) is 45.1. The summed E-state index contributed by atoms with van der Waals surface area (Å²) in [6.45, 7) is 4.69. The van der Waals surface area contributed by atoms with E-state index in [0.717, 1.165) is 27.8 Å². The molecule has 2 aromatic heterocycles. The molecular formula is C67H60O13. The summed E-state index contributed by atoms with van der Waals surface area (Å²) in [5.74, 6) is 2.16. The number of aliphatic hydroxyl groups excluding tert-OH is 1. The Hall–Kier alpha value is -9.59. The lowest BCUT2D eigenvalue weighted by Gasteiger charge is -2.17. The van der Waals surface area contributed by atoms with Crippen LogP contribution in [0.2, 0.25) is 0 Å². The van der Waals surface area contributed by atoms with E-state index in [9.17, 15) is 19.5 Å². The highest BCUT2D eigenvalue weighted by molar-refractivity contribution is 5.99. The number of hydrogen-bond acceptors (Lipinski definition) is 13. The standard InChI is InChI=1S/C34H30O7.C33H30O6/c1-22(34(36)38-3)17-18-25-28(40-21-24-13-8-5-9-14-24)19-29(37-2)30-31(35)26-15-10-16-27(32(26)41-33(25)30)39-20-23-11-6-4-7-12-23;1-22(19-34)16-17-25-28(38-21-24-12-7-4-8-13-24)18-29(36-2)30-31(35)26-14-9-15-27(32(26)39-33(25)30)37-20-23-10-5-3-6-11-23/h4-17,19H,18,20-21H2,1-3H3;3-16,18,34H,17,19-21H2,1-2H3/b22-17-;22-16-. The van der Waals surface area contributed by atoms with Crippen LogP contribution in [0, 0.1) is 0 Å². The average Bonchev–Trinajstić information content (AvgIpc) is 3.53. The van der Waals surface area contributed by atoms with Crippen molar-refractivity contribution in [1.82, 2.24) is 0 Å². The number of allylic oxidation sites excluding steroid dienone is 2. The Labute approximate surface area is 462 Å². The second-order valence-electron chi connectivity index (χ2n) is 18.7. The van der Waals surface area contributed by atoms with Crippen LogP contribution in [0.15, 0.2) is 212 Å². The Kier molecular flexibility index (Phi) is 18.0. The summed E-state index contributed by atoms with van der Waals surface area (Å²) in [7, 11) is 4.35. The van der Waals surface area contributed by atoms with E-state index in [4.69, 9.17) is 42.0 Å². The molecule has 13 nitrogen and oxygen atoms in total. The van der Waals surface area contributed by atoms with Gasteiger partial charge in [-0.1, -0.05) is 151 Å². The first kappa shape index (κ1) is 55.2. The van der Waals surface area contributed by atoms with Crippen LogP contribution >= 0.6 is 0 Å². The molecule has 13 heteroatoms. The van der Waals surface area contributed by atoms with Crippen molar-refractivity contribution < 1.29 is 51.9 Å². The van der Waals surface area contributed by atoms with Gasteiger partial charge in [0.15, 0.2) is 22.7 Å². The molecule has 0 radical (unpaired) electrons. The van der Waals surface area contributed by atoms with Crippen molar-refractivity contribution in [3.63, 3.8) is 0 Å². The highest BCUT2D eigenvalue weighted by atomic mass is 16.5. The van der Waals surface area contributed by atoms with Crippen molar-refractivity contribution >= 4 is 49.8 Å². The number of rotatable bonds is 20. The number of esters is 1. The molecular weight excluding hydrogens is 1010 g/mol. The maximum Gasteiger partial charge on any atom is 0.333 e. The molecule has 80 heavy (non-hydrogen) atoms. The molecule has 0 aliphatic heterocycles. The summed E-state index contributed by atoms with van der Waals surface area (Å²) >= 11 is 0. The molecule has 0 aliphatic carbocycles. The number of benzene rings is 8. The summed E-state index contributed by atoms with van der Waals surface area (Å²) in [5.41, 5.74) is 7.32. The van der Waals surface area contributed by atoms with Crippen LogP contribution in [0.25, 0.3) is 43.9 Å². The van der Waals surface area contributed by atoms with Gasteiger partial charge in [0, 0.05) is 28.8 Å². The van der Waals surface area contributed by atoms with Gasteiger partial charge < -0.3 is 47.1 Å². The summed E-state index contributed by atoms with van der Waals surface area (Å²) in [6, 6.07) is 53.1. The minimum atomic E-state index is -0.446. The Balaban J connectivity index is 0.000000194. The first-order valence-electron chi connectivity index (χ1n) is 26.0. The molecule has 2 heterocycles. The largest absolute Gasteiger partial charge is 0.496 e. The molecule has 10 rings (SSSR count). The lowest BCUT2D eigenvalue weighted by Crippen LogP contribution is -2.09. The van der Waals surface area contributed by atoms with E-state index in [2.05, 4.69) is 0 Å². The highest BCUT2D eigenvalue weighted by Crippen LogP contribution is 2.41. The Morgan fingerprint density at radius 3 is 1.16 bits per heavy atom. The minimum absolute atomic E-state index is 0.0708. The van der Waals surface area contributed by atoms with Gasteiger partial charge in [-0.2, -0.15) is 0 Å². The van der Waals surface area contributed by atoms with Crippen LogP contribution in [0.4, 0.5) is 0 Å². The van der Waals surface area contributed by atoms with Gasteiger partial charge in [-0.15, -0.1) is 0 Å². The van der Waals surface area contributed by atoms with Crippen molar-refractivity contribution in [2.75, 3.05) is 27.9 Å². The Morgan fingerprint density at radius 1 is 0.450 bits per heavy atom. The van der Waals surface area contributed by atoms with E-state index < -0.39 is 5.97 Å². The number of fused-ring (bicyclic) bond motifs is 4. The van der Waals surface area contributed by atoms with Crippen molar-refractivity contribution in [3.05, 3.63) is 247 Å². The normalized spacial score (nSPS) is 11.5. The molecule has 0 fully saturated rings. The average molecular weight is 1070 g/mol. The maximum absolute atomic E-state index is 13.9. The third kappa shape index (κ3) is 12.7. The number of aliphatic hydroxyl groups is 1. The summed E-state index contributed by atoms with van der Waals surface area (Å²) in [5, 5.41) is 11.0. The minimum Gasteiger partial charge on any atom is -0.496 e. The first-order chi connectivity index (χ1) is 39.1. The molecule has 0 saturated carbocycles. The predicted octanol–water partition coefficient (Wildman–Crippen LogP) is 13.4. The fourth-order valence-corrected chi connectivity index (χ4v) is 9.01. The molecule has 406 valence electrons. The Bertz CT molecular complexity index is 3960. The van der Waals surface area contributed by atoms with Crippen molar-refractivity contribution in [3.8, 4) is 34.5 Å². The molecule has 0 atom stereocenters. The van der Waals surface area contributed by atoms with Crippen LogP contribution in [-0.2, 0) is 48.8 Å². The van der Waals surface area contributed by atoms with Crippen LogP contribution in [0.5, 0.6) is 34.5 Å². The third-order valence-corrected chi connectivity index (χ3v) is 13.3. The van der Waals surface area contributed by atoms with Gasteiger partial charge in [0.2, 0.25) is 10.9 Å². The maximum atomic E-state index is 13.9. The Morgan fingerprint density at radius 2 is 0.812 bits per heavy atom. The monoisotopic (exact) mass is 1070 g/mol. The van der Waals surface area contributed by atoms with Crippen molar-refractivity contribution in [1.29, 1.82) is 0 Å². The number of carbonyl (C=O) groups excluding carboxylic acids is 1.